The van der Waals surface area contributed by atoms with Crippen molar-refractivity contribution in [2.45, 2.75) is 19.4 Å². The monoisotopic (exact) mass is 362 g/mol. The zero-order valence-corrected chi connectivity index (χ0v) is 15.3. The molecule has 0 spiro atoms. The largest absolute Gasteiger partial charge is 0.484 e. The van der Waals surface area contributed by atoms with E-state index >= 15 is 0 Å². The van der Waals surface area contributed by atoms with E-state index in [9.17, 15) is 4.79 Å². The number of rotatable bonds is 5. The van der Waals surface area contributed by atoms with Gasteiger partial charge in [-0.3, -0.25) is 4.79 Å². The third kappa shape index (κ3) is 4.19. The molecule has 2 aromatic carbocycles. The lowest BCUT2D eigenvalue weighted by molar-refractivity contribution is -0.132. The molecule has 1 saturated heterocycles. The number of hydrogen-bond donors (Lipinski definition) is 0. The van der Waals surface area contributed by atoms with Crippen molar-refractivity contribution in [3.63, 3.8) is 0 Å². The fourth-order valence-electron chi connectivity index (χ4n) is 3.28. The van der Waals surface area contributed by atoms with Crippen LogP contribution in [0.2, 0.25) is 0 Å². The Morgan fingerprint density at radius 1 is 1.15 bits per heavy atom. The van der Waals surface area contributed by atoms with Crippen LogP contribution >= 0.6 is 0 Å². The molecule has 0 radical (unpaired) electrons. The van der Waals surface area contributed by atoms with Crippen molar-refractivity contribution in [3.05, 3.63) is 66.2 Å². The van der Waals surface area contributed by atoms with E-state index in [1.807, 2.05) is 67.6 Å². The molecule has 3 aromatic rings. The summed E-state index contributed by atoms with van der Waals surface area (Å²) >= 11 is 0. The van der Waals surface area contributed by atoms with E-state index in [2.05, 4.69) is 4.98 Å². The molecule has 0 saturated carbocycles. The predicted molar refractivity (Wildman–Crippen MR) is 104 cm³/mol. The van der Waals surface area contributed by atoms with Gasteiger partial charge in [-0.1, -0.05) is 30.3 Å². The summed E-state index contributed by atoms with van der Waals surface area (Å²) in [4.78, 5) is 18.7. The number of hydrogen-bond acceptors (Lipinski definition) is 4. The van der Waals surface area contributed by atoms with Crippen molar-refractivity contribution in [3.8, 4) is 11.6 Å². The highest BCUT2D eigenvalue weighted by Crippen LogP contribution is 2.20. The lowest BCUT2D eigenvalue weighted by atomic mass is 10.2. The second-order valence-corrected chi connectivity index (χ2v) is 6.82. The summed E-state index contributed by atoms with van der Waals surface area (Å²) in [5.41, 5.74) is 2.02. The highest BCUT2D eigenvalue weighted by Gasteiger charge is 2.28. The molecule has 1 unspecified atom stereocenters. The second-order valence-electron chi connectivity index (χ2n) is 6.82. The molecular formula is C22H22N2O3. The minimum Gasteiger partial charge on any atom is -0.484 e. The van der Waals surface area contributed by atoms with Gasteiger partial charge in [0.25, 0.3) is 5.91 Å². The maximum absolute atomic E-state index is 12.4. The number of para-hydroxylation sites is 1. The van der Waals surface area contributed by atoms with Gasteiger partial charge in [0.1, 0.15) is 11.9 Å². The molecule has 1 amide bonds. The Labute approximate surface area is 158 Å². The Hall–Kier alpha value is -3.08. The van der Waals surface area contributed by atoms with Gasteiger partial charge in [0.05, 0.1) is 12.1 Å². The minimum absolute atomic E-state index is 0.0194. The molecule has 1 fully saturated rings. The number of aromatic nitrogens is 1. The second kappa shape index (κ2) is 7.66. The smallest absolute Gasteiger partial charge is 0.260 e. The molecular weight excluding hydrogens is 340 g/mol. The number of fused-ring (bicyclic) bond motifs is 1. The zero-order chi connectivity index (χ0) is 18.6. The number of pyridine rings is 1. The van der Waals surface area contributed by atoms with Gasteiger partial charge in [-0.05, 0) is 36.8 Å². The molecule has 1 atom stereocenters. The summed E-state index contributed by atoms with van der Waals surface area (Å²) in [5, 5.41) is 1.08. The SMILES string of the molecule is Cc1cccc(OCC(=O)N2CCC(Oc3ccc4ccccc4n3)C2)c1. The first-order valence-corrected chi connectivity index (χ1v) is 9.17. The van der Waals surface area contributed by atoms with Crippen molar-refractivity contribution in [2.75, 3.05) is 19.7 Å². The van der Waals surface area contributed by atoms with E-state index in [0.717, 1.165) is 28.6 Å². The first-order chi connectivity index (χ1) is 13.2. The van der Waals surface area contributed by atoms with Gasteiger partial charge in [-0.25, -0.2) is 4.98 Å². The van der Waals surface area contributed by atoms with E-state index < -0.39 is 0 Å². The third-order valence-corrected chi connectivity index (χ3v) is 4.71. The molecule has 1 aromatic heterocycles. The number of aryl methyl sites for hydroxylation is 1. The van der Waals surface area contributed by atoms with E-state index in [-0.39, 0.29) is 18.6 Å². The molecule has 1 aliphatic rings. The molecule has 27 heavy (non-hydrogen) atoms. The van der Waals surface area contributed by atoms with Gasteiger partial charge in [-0.15, -0.1) is 0 Å². The predicted octanol–water partition coefficient (Wildman–Crippen LogP) is 3.60. The average molecular weight is 362 g/mol. The normalized spacial score (nSPS) is 16.5. The topological polar surface area (TPSA) is 51.7 Å². The van der Waals surface area contributed by atoms with Gasteiger partial charge in [0.15, 0.2) is 6.61 Å². The van der Waals surface area contributed by atoms with Gasteiger partial charge >= 0.3 is 0 Å². The first kappa shape index (κ1) is 17.3. The molecule has 5 heteroatoms. The van der Waals surface area contributed by atoms with Crippen molar-refractivity contribution in [1.82, 2.24) is 9.88 Å². The van der Waals surface area contributed by atoms with Crippen LogP contribution in [0, 0.1) is 6.92 Å². The van der Waals surface area contributed by atoms with Gasteiger partial charge in [0.2, 0.25) is 5.88 Å². The van der Waals surface area contributed by atoms with Crippen LogP contribution in [0.15, 0.2) is 60.7 Å². The highest BCUT2D eigenvalue weighted by molar-refractivity contribution is 5.79. The first-order valence-electron chi connectivity index (χ1n) is 9.17. The number of carbonyl (C=O) groups is 1. The molecule has 0 aliphatic carbocycles. The quantitative estimate of drug-likeness (QED) is 0.696. The van der Waals surface area contributed by atoms with E-state index in [0.29, 0.717) is 19.0 Å². The minimum atomic E-state index is -0.0402. The van der Waals surface area contributed by atoms with Crippen LogP contribution in [-0.4, -0.2) is 41.6 Å². The van der Waals surface area contributed by atoms with E-state index in [4.69, 9.17) is 9.47 Å². The van der Waals surface area contributed by atoms with Crippen LogP contribution in [0.5, 0.6) is 11.6 Å². The van der Waals surface area contributed by atoms with Crippen molar-refractivity contribution in [1.29, 1.82) is 0 Å². The lowest BCUT2D eigenvalue weighted by Gasteiger charge is -2.17. The summed E-state index contributed by atoms with van der Waals surface area (Å²) < 4.78 is 11.6. The number of carbonyl (C=O) groups excluding carboxylic acids is 1. The molecule has 138 valence electrons. The number of likely N-dealkylation sites (tertiary alicyclic amines) is 1. The van der Waals surface area contributed by atoms with Crippen LogP contribution in [-0.2, 0) is 4.79 Å². The summed E-state index contributed by atoms with van der Waals surface area (Å²) in [6, 6.07) is 19.5. The highest BCUT2D eigenvalue weighted by atomic mass is 16.5. The van der Waals surface area contributed by atoms with Crippen LogP contribution in [0.25, 0.3) is 10.9 Å². The zero-order valence-electron chi connectivity index (χ0n) is 15.3. The molecule has 4 rings (SSSR count). The maximum atomic E-state index is 12.4. The van der Waals surface area contributed by atoms with Crippen molar-refractivity contribution < 1.29 is 14.3 Å². The number of ether oxygens (including phenoxy) is 2. The molecule has 1 aliphatic heterocycles. The number of benzene rings is 2. The fraction of sp³-hybridized carbons (Fsp3) is 0.273. The Kier molecular flexibility index (Phi) is 4.92. The number of nitrogens with zero attached hydrogens (tertiary/aromatic N) is 2. The van der Waals surface area contributed by atoms with Gasteiger partial charge in [-0.2, -0.15) is 0 Å². The van der Waals surface area contributed by atoms with Gasteiger partial charge in [0, 0.05) is 24.4 Å². The molecule has 2 heterocycles. The Balaban J connectivity index is 1.31. The maximum Gasteiger partial charge on any atom is 0.260 e. The van der Waals surface area contributed by atoms with Crippen LogP contribution in [0.3, 0.4) is 0 Å². The summed E-state index contributed by atoms with van der Waals surface area (Å²) in [6.07, 6.45) is 0.756. The fourth-order valence-corrected chi connectivity index (χ4v) is 3.28. The van der Waals surface area contributed by atoms with Gasteiger partial charge < -0.3 is 14.4 Å². The van der Waals surface area contributed by atoms with Crippen LogP contribution in [0.1, 0.15) is 12.0 Å². The number of amides is 1. The average Bonchev–Trinajstić information content (AvgIpc) is 3.15. The summed E-state index contributed by atoms with van der Waals surface area (Å²) in [5.74, 6) is 1.30. The van der Waals surface area contributed by atoms with E-state index in [1.54, 1.807) is 4.90 Å². The van der Waals surface area contributed by atoms with Crippen molar-refractivity contribution in [2.24, 2.45) is 0 Å². The Morgan fingerprint density at radius 3 is 2.93 bits per heavy atom. The van der Waals surface area contributed by atoms with Crippen LogP contribution in [0.4, 0.5) is 0 Å². The third-order valence-electron chi connectivity index (χ3n) is 4.71. The molecule has 0 N–H and O–H groups in total. The lowest BCUT2D eigenvalue weighted by Crippen LogP contribution is -2.34. The summed E-state index contributed by atoms with van der Waals surface area (Å²) in [7, 11) is 0. The Bertz CT molecular complexity index is 957. The van der Waals surface area contributed by atoms with Crippen LogP contribution < -0.4 is 9.47 Å². The molecule has 5 nitrogen and oxygen atoms in total. The summed E-state index contributed by atoms with van der Waals surface area (Å²) in [6.45, 7) is 3.28. The molecule has 0 bridgehead atoms. The Morgan fingerprint density at radius 2 is 2.04 bits per heavy atom. The van der Waals surface area contributed by atoms with E-state index in [1.165, 1.54) is 0 Å². The van der Waals surface area contributed by atoms with Crippen molar-refractivity contribution >= 4 is 16.8 Å². The standard InChI is InChI=1S/C22H22N2O3/c1-16-5-4-7-18(13-16)26-15-22(25)24-12-11-19(14-24)27-21-10-9-17-6-2-3-8-20(17)23-21/h2-10,13,19H,11-12,14-15H2,1H3.